The third-order valence-corrected chi connectivity index (χ3v) is 8.81. The molecule has 3 rings (SSSR count). The van der Waals surface area contributed by atoms with Gasteiger partial charge in [0.05, 0.1) is 10.6 Å². The van der Waals surface area contributed by atoms with Gasteiger partial charge in [-0.05, 0) is 77.4 Å². The molecule has 0 saturated carbocycles. The molecule has 0 aliphatic heterocycles. The number of anilines is 1. The second-order valence-electron chi connectivity index (χ2n) is 10.7. The van der Waals surface area contributed by atoms with E-state index in [4.69, 9.17) is 23.2 Å². The van der Waals surface area contributed by atoms with Gasteiger partial charge in [-0.2, -0.15) is 0 Å². The topological polar surface area (TPSA) is 86.8 Å². The molecule has 40 heavy (non-hydrogen) atoms. The van der Waals surface area contributed by atoms with Gasteiger partial charge in [-0.1, -0.05) is 65.2 Å². The highest BCUT2D eigenvalue weighted by Crippen LogP contribution is 2.29. The Bertz CT molecular complexity index is 1470. The molecule has 0 saturated heterocycles. The van der Waals surface area contributed by atoms with Crippen LogP contribution < -0.4 is 9.62 Å². The average molecular weight is 605 g/mol. The maximum Gasteiger partial charge on any atom is 0.264 e. The summed E-state index contributed by atoms with van der Waals surface area (Å²) in [7, 11) is -4.15. The van der Waals surface area contributed by atoms with Gasteiger partial charge in [-0.3, -0.25) is 13.9 Å². The maximum absolute atomic E-state index is 14.1. The molecule has 10 heteroatoms. The first kappa shape index (κ1) is 31.5. The van der Waals surface area contributed by atoms with Crippen molar-refractivity contribution in [2.24, 2.45) is 0 Å². The van der Waals surface area contributed by atoms with Gasteiger partial charge in [-0.25, -0.2) is 8.42 Å². The van der Waals surface area contributed by atoms with Crippen molar-refractivity contribution in [2.45, 2.75) is 64.6 Å². The lowest BCUT2D eigenvalue weighted by atomic mass is 10.1. The molecular weight excluding hydrogens is 569 g/mol. The molecule has 3 aromatic rings. The molecule has 7 nitrogen and oxygen atoms in total. The minimum atomic E-state index is -4.15. The van der Waals surface area contributed by atoms with Crippen molar-refractivity contribution in [2.75, 3.05) is 10.8 Å². The Kier molecular flexibility index (Phi) is 9.93. The lowest BCUT2D eigenvalue weighted by Crippen LogP contribution is -2.54. The van der Waals surface area contributed by atoms with Crippen LogP contribution in [0, 0.1) is 13.8 Å². The van der Waals surface area contributed by atoms with Crippen molar-refractivity contribution >= 4 is 50.7 Å². The van der Waals surface area contributed by atoms with Crippen LogP contribution in [0.1, 0.15) is 44.4 Å². The molecule has 0 radical (unpaired) electrons. The first-order valence-electron chi connectivity index (χ1n) is 12.8. The van der Waals surface area contributed by atoms with E-state index in [1.807, 2.05) is 27.7 Å². The molecular formula is C30H35Cl2N3O4S. The average Bonchev–Trinajstić information content (AvgIpc) is 2.86. The van der Waals surface area contributed by atoms with Crippen LogP contribution in [0.25, 0.3) is 0 Å². The van der Waals surface area contributed by atoms with Gasteiger partial charge in [0.15, 0.2) is 0 Å². The van der Waals surface area contributed by atoms with Crippen LogP contribution >= 0.6 is 23.2 Å². The number of sulfonamides is 1. The molecule has 0 aliphatic carbocycles. The van der Waals surface area contributed by atoms with Crippen molar-refractivity contribution < 1.29 is 18.0 Å². The third-order valence-electron chi connectivity index (χ3n) is 6.33. The van der Waals surface area contributed by atoms with Crippen molar-refractivity contribution in [3.63, 3.8) is 0 Å². The minimum Gasteiger partial charge on any atom is -0.350 e. The fourth-order valence-electron chi connectivity index (χ4n) is 4.10. The number of aryl methyl sites for hydroxylation is 2. The normalized spacial score (nSPS) is 12.5. The second kappa shape index (κ2) is 12.6. The molecule has 0 spiro atoms. The summed E-state index contributed by atoms with van der Waals surface area (Å²) in [5, 5.41) is 3.55. The number of nitrogens with one attached hydrogen (secondary N) is 1. The lowest BCUT2D eigenvalue weighted by Gasteiger charge is -2.34. The maximum atomic E-state index is 14.1. The SMILES string of the molecule is Cc1ccc(S(=O)(=O)N(CC(=O)N(Cc2c(Cl)cccc2Cl)[C@@H](C)C(=O)NC(C)(C)C)c2ccccc2C)cc1. The molecule has 0 fully saturated rings. The molecule has 0 heterocycles. The summed E-state index contributed by atoms with van der Waals surface area (Å²) in [5.41, 5.74) is 1.84. The number of hydrogen-bond donors (Lipinski definition) is 1. The van der Waals surface area contributed by atoms with Crippen LogP contribution in [0.4, 0.5) is 5.69 Å². The summed E-state index contributed by atoms with van der Waals surface area (Å²) in [6.45, 7) is 10.1. The summed E-state index contributed by atoms with van der Waals surface area (Å²) in [4.78, 5) is 28.6. The zero-order valence-electron chi connectivity index (χ0n) is 23.5. The standard InChI is InChI=1S/C30H35Cl2N3O4S/c1-20-14-16-23(17-15-20)40(38,39)35(27-13-8-7-10-21(27)2)19-28(36)34(22(3)29(37)33-30(4,5)6)18-24-25(31)11-9-12-26(24)32/h7-17,22H,18-19H2,1-6H3,(H,33,37)/t22-/m0/s1. The van der Waals surface area contributed by atoms with E-state index in [1.54, 1.807) is 68.4 Å². The van der Waals surface area contributed by atoms with Crippen LogP contribution in [0.2, 0.25) is 10.0 Å². The van der Waals surface area contributed by atoms with Gasteiger partial charge in [0.1, 0.15) is 12.6 Å². The highest BCUT2D eigenvalue weighted by molar-refractivity contribution is 7.92. The summed E-state index contributed by atoms with van der Waals surface area (Å²) in [5.74, 6) is -0.987. The van der Waals surface area contributed by atoms with Crippen LogP contribution in [-0.4, -0.2) is 43.3 Å². The number of carbonyl (C=O) groups is 2. The van der Waals surface area contributed by atoms with Gasteiger partial charge >= 0.3 is 0 Å². The van der Waals surface area contributed by atoms with Gasteiger partial charge in [-0.15, -0.1) is 0 Å². The Morgan fingerprint density at radius 2 is 1.48 bits per heavy atom. The van der Waals surface area contributed by atoms with Crippen LogP contribution in [0.15, 0.2) is 71.6 Å². The van der Waals surface area contributed by atoms with Crippen molar-refractivity contribution in [1.29, 1.82) is 0 Å². The summed E-state index contributed by atoms with van der Waals surface area (Å²) in [6, 6.07) is 17.4. The number of halogens is 2. The Hall–Kier alpha value is -3.07. The monoisotopic (exact) mass is 603 g/mol. The number of benzene rings is 3. The molecule has 214 valence electrons. The summed E-state index contributed by atoms with van der Waals surface area (Å²) >= 11 is 12.9. The largest absolute Gasteiger partial charge is 0.350 e. The quantitative estimate of drug-likeness (QED) is 0.318. The van der Waals surface area contributed by atoms with Gasteiger partial charge in [0.2, 0.25) is 11.8 Å². The molecule has 1 atom stereocenters. The van der Waals surface area contributed by atoms with E-state index in [0.717, 1.165) is 9.87 Å². The van der Waals surface area contributed by atoms with E-state index >= 15 is 0 Å². The number of hydrogen-bond acceptors (Lipinski definition) is 4. The predicted octanol–water partition coefficient (Wildman–Crippen LogP) is 6.14. The number of carbonyl (C=O) groups excluding carboxylic acids is 2. The smallest absolute Gasteiger partial charge is 0.264 e. The fourth-order valence-corrected chi connectivity index (χ4v) is 6.10. The first-order valence-corrected chi connectivity index (χ1v) is 15.0. The zero-order valence-corrected chi connectivity index (χ0v) is 25.9. The number of nitrogens with zero attached hydrogens (tertiary/aromatic N) is 2. The van der Waals surface area contributed by atoms with Crippen LogP contribution in [-0.2, 0) is 26.2 Å². The highest BCUT2D eigenvalue weighted by atomic mass is 35.5. The second-order valence-corrected chi connectivity index (χ2v) is 13.4. The van der Waals surface area contributed by atoms with Gasteiger partial charge in [0.25, 0.3) is 10.0 Å². The number of para-hydroxylation sites is 1. The third kappa shape index (κ3) is 7.56. The van der Waals surface area contributed by atoms with E-state index < -0.39 is 40.0 Å². The molecule has 0 aliphatic rings. The Morgan fingerprint density at radius 1 is 0.900 bits per heavy atom. The fraction of sp³-hybridized carbons (Fsp3) is 0.333. The Labute approximate surface area is 247 Å². The molecule has 3 aromatic carbocycles. The highest BCUT2D eigenvalue weighted by Gasteiger charge is 2.34. The molecule has 0 aromatic heterocycles. The van der Waals surface area contributed by atoms with Crippen molar-refractivity contribution in [3.8, 4) is 0 Å². The van der Waals surface area contributed by atoms with Crippen molar-refractivity contribution in [3.05, 3.63) is 93.5 Å². The lowest BCUT2D eigenvalue weighted by molar-refractivity contribution is -0.140. The van der Waals surface area contributed by atoms with E-state index in [1.165, 1.54) is 17.0 Å². The number of rotatable bonds is 9. The predicted molar refractivity (Wildman–Crippen MR) is 161 cm³/mol. The van der Waals surface area contributed by atoms with E-state index in [-0.39, 0.29) is 11.4 Å². The summed E-state index contributed by atoms with van der Waals surface area (Å²) in [6.07, 6.45) is 0. The number of amides is 2. The Morgan fingerprint density at radius 3 is 2.02 bits per heavy atom. The van der Waals surface area contributed by atoms with Gasteiger partial charge in [0, 0.05) is 27.7 Å². The van der Waals surface area contributed by atoms with E-state index in [0.29, 0.717) is 26.9 Å². The Balaban J connectivity index is 2.09. The minimum absolute atomic E-state index is 0.0494. The van der Waals surface area contributed by atoms with Crippen molar-refractivity contribution in [1.82, 2.24) is 10.2 Å². The molecule has 0 bridgehead atoms. The molecule has 2 amide bonds. The zero-order chi connectivity index (χ0) is 29.8. The van der Waals surface area contributed by atoms with E-state index in [9.17, 15) is 18.0 Å². The molecule has 1 N–H and O–H groups in total. The van der Waals surface area contributed by atoms with Crippen LogP contribution in [0.5, 0.6) is 0 Å². The van der Waals surface area contributed by atoms with Gasteiger partial charge < -0.3 is 10.2 Å². The molecule has 0 unspecified atom stereocenters. The van der Waals surface area contributed by atoms with Crippen LogP contribution in [0.3, 0.4) is 0 Å². The summed E-state index contributed by atoms with van der Waals surface area (Å²) < 4.78 is 29.0. The first-order chi connectivity index (χ1) is 18.6. The van der Waals surface area contributed by atoms with E-state index in [2.05, 4.69) is 5.32 Å².